The molecule has 2 nitrogen and oxygen atoms in total. The highest BCUT2D eigenvalue weighted by atomic mass is 79.9. The molecule has 104 valence electrons. The zero-order valence-electron chi connectivity index (χ0n) is 11.5. The molecule has 0 saturated heterocycles. The summed E-state index contributed by atoms with van der Waals surface area (Å²) in [6, 6.07) is 8.80. The maximum atomic E-state index is 4.63. The zero-order chi connectivity index (χ0) is 13.9. The summed E-state index contributed by atoms with van der Waals surface area (Å²) in [7, 11) is 0. The van der Waals surface area contributed by atoms with Crippen molar-refractivity contribution in [2.75, 3.05) is 0 Å². The maximum Gasteiger partial charge on any atom is 0.130 e. The summed E-state index contributed by atoms with van der Waals surface area (Å²) in [6.07, 6.45) is 5.75. The Morgan fingerprint density at radius 1 is 1.15 bits per heavy atom. The van der Waals surface area contributed by atoms with Gasteiger partial charge in [0.15, 0.2) is 0 Å². The standard InChI is InChI=1S/C16H17BrN2S/c1-2-4-15-18-14(17)10-16(19-15)20-13-8-7-11-5-3-6-12(11)9-13/h7-10H,2-6H2,1H3. The lowest BCUT2D eigenvalue weighted by molar-refractivity contribution is 0.803. The highest BCUT2D eigenvalue weighted by Crippen LogP contribution is 2.32. The monoisotopic (exact) mass is 348 g/mol. The van der Waals surface area contributed by atoms with Crippen LogP contribution < -0.4 is 0 Å². The summed E-state index contributed by atoms with van der Waals surface area (Å²) >= 11 is 5.21. The van der Waals surface area contributed by atoms with Crippen LogP contribution in [0.25, 0.3) is 0 Å². The molecule has 1 heterocycles. The SMILES string of the molecule is CCCc1nc(Br)cc(Sc2ccc3c(c2)CCC3)n1. The molecule has 1 aromatic heterocycles. The molecule has 1 aromatic carbocycles. The van der Waals surface area contributed by atoms with Crippen LogP contribution in [0.1, 0.15) is 36.7 Å². The molecule has 0 amide bonds. The molecule has 1 aliphatic carbocycles. The third-order valence-electron chi connectivity index (χ3n) is 3.48. The minimum atomic E-state index is 0.875. The molecule has 4 heteroatoms. The van der Waals surface area contributed by atoms with Crippen LogP contribution in [0, 0.1) is 0 Å². The van der Waals surface area contributed by atoms with Gasteiger partial charge in [-0.3, -0.25) is 0 Å². The van der Waals surface area contributed by atoms with E-state index >= 15 is 0 Å². The van der Waals surface area contributed by atoms with Crippen molar-refractivity contribution in [3.05, 3.63) is 45.8 Å². The van der Waals surface area contributed by atoms with Crippen LogP contribution in [0.5, 0.6) is 0 Å². The molecular weight excluding hydrogens is 332 g/mol. The summed E-state index contributed by atoms with van der Waals surface area (Å²) < 4.78 is 0.875. The Morgan fingerprint density at radius 3 is 2.85 bits per heavy atom. The quantitative estimate of drug-likeness (QED) is 0.740. The van der Waals surface area contributed by atoms with E-state index in [9.17, 15) is 0 Å². The summed E-state index contributed by atoms with van der Waals surface area (Å²) in [4.78, 5) is 10.3. The van der Waals surface area contributed by atoms with E-state index in [4.69, 9.17) is 0 Å². The Hall–Kier alpha value is -0.870. The van der Waals surface area contributed by atoms with E-state index in [-0.39, 0.29) is 0 Å². The average Bonchev–Trinajstić information content (AvgIpc) is 2.85. The topological polar surface area (TPSA) is 25.8 Å². The second-order valence-corrected chi connectivity index (χ2v) is 6.99. The molecule has 3 rings (SSSR count). The van der Waals surface area contributed by atoms with Crippen LogP contribution in [0.4, 0.5) is 0 Å². The van der Waals surface area contributed by atoms with Gasteiger partial charge < -0.3 is 0 Å². The van der Waals surface area contributed by atoms with Gasteiger partial charge in [-0.05, 0) is 64.9 Å². The summed E-state index contributed by atoms with van der Waals surface area (Å²) in [5.41, 5.74) is 3.03. The molecule has 1 aliphatic rings. The van der Waals surface area contributed by atoms with Crippen LogP contribution in [-0.2, 0) is 19.3 Å². The van der Waals surface area contributed by atoms with Gasteiger partial charge in [-0.15, -0.1) is 0 Å². The van der Waals surface area contributed by atoms with E-state index in [0.29, 0.717) is 0 Å². The molecule has 0 N–H and O–H groups in total. The van der Waals surface area contributed by atoms with E-state index in [0.717, 1.165) is 28.3 Å². The molecule has 0 fully saturated rings. The first-order valence-corrected chi connectivity index (χ1v) is 8.68. The number of hydrogen-bond donors (Lipinski definition) is 0. The molecule has 0 bridgehead atoms. The van der Waals surface area contributed by atoms with E-state index < -0.39 is 0 Å². The summed E-state index contributed by atoms with van der Waals surface area (Å²) in [6.45, 7) is 2.15. The van der Waals surface area contributed by atoms with E-state index in [1.807, 2.05) is 6.07 Å². The lowest BCUT2D eigenvalue weighted by Crippen LogP contribution is -1.96. The number of benzene rings is 1. The lowest BCUT2D eigenvalue weighted by Gasteiger charge is -2.06. The van der Waals surface area contributed by atoms with Crippen molar-refractivity contribution in [3.63, 3.8) is 0 Å². The third kappa shape index (κ3) is 3.23. The Morgan fingerprint density at radius 2 is 2.00 bits per heavy atom. The fourth-order valence-electron chi connectivity index (χ4n) is 2.56. The van der Waals surface area contributed by atoms with Crippen LogP contribution >= 0.6 is 27.7 Å². The number of fused-ring (bicyclic) bond motifs is 1. The first-order chi connectivity index (χ1) is 9.74. The highest BCUT2D eigenvalue weighted by Gasteiger charge is 2.12. The number of hydrogen-bond acceptors (Lipinski definition) is 3. The van der Waals surface area contributed by atoms with Gasteiger partial charge in [-0.25, -0.2) is 9.97 Å². The van der Waals surface area contributed by atoms with Gasteiger partial charge in [0.2, 0.25) is 0 Å². The van der Waals surface area contributed by atoms with Gasteiger partial charge in [0.05, 0.1) is 0 Å². The zero-order valence-corrected chi connectivity index (χ0v) is 13.9. The van der Waals surface area contributed by atoms with E-state index in [1.54, 1.807) is 11.8 Å². The van der Waals surface area contributed by atoms with Crippen molar-refractivity contribution in [1.29, 1.82) is 0 Å². The lowest BCUT2D eigenvalue weighted by atomic mass is 10.1. The van der Waals surface area contributed by atoms with Crippen molar-refractivity contribution in [3.8, 4) is 0 Å². The predicted molar refractivity (Wildman–Crippen MR) is 86.3 cm³/mol. The number of rotatable bonds is 4. The largest absolute Gasteiger partial charge is 0.226 e. The Kier molecular flexibility index (Phi) is 4.41. The third-order valence-corrected chi connectivity index (χ3v) is 4.80. The van der Waals surface area contributed by atoms with Crippen molar-refractivity contribution in [1.82, 2.24) is 9.97 Å². The number of aryl methyl sites for hydroxylation is 3. The second kappa shape index (κ2) is 6.27. The van der Waals surface area contributed by atoms with Crippen molar-refractivity contribution in [2.24, 2.45) is 0 Å². The van der Waals surface area contributed by atoms with Gasteiger partial charge in [0, 0.05) is 17.4 Å². The minimum Gasteiger partial charge on any atom is -0.226 e. The first-order valence-electron chi connectivity index (χ1n) is 7.07. The molecule has 2 aromatic rings. The molecule has 0 spiro atoms. The Labute approximate surface area is 132 Å². The Balaban J connectivity index is 1.83. The molecule has 0 unspecified atom stereocenters. The van der Waals surface area contributed by atoms with Crippen LogP contribution in [0.3, 0.4) is 0 Å². The number of halogens is 1. The predicted octanol–water partition coefficient (Wildman–Crippen LogP) is 4.83. The fourth-order valence-corrected chi connectivity index (χ4v) is 4.04. The summed E-state index contributed by atoms with van der Waals surface area (Å²) in [5.74, 6) is 0.922. The first kappa shape index (κ1) is 14.1. The Bertz CT molecular complexity index is 628. The second-order valence-electron chi connectivity index (χ2n) is 5.08. The molecular formula is C16H17BrN2S. The van der Waals surface area contributed by atoms with Gasteiger partial charge in [-0.2, -0.15) is 0 Å². The smallest absolute Gasteiger partial charge is 0.130 e. The molecule has 0 radical (unpaired) electrons. The minimum absolute atomic E-state index is 0.875. The molecule has 0 atom stereocenters. The molecule has 0 saturated carbocycles. The van der Waals surface area contributed by atoms with E-state index in [1.165, 1.54) is 35.3 Å². The molecule has 20 heavy (non-hydrogen) atoms. The fraction of sp³-hybridized carbons (Fsp3) is 0.375. The van der Waals surface area contributed by atoms with Gasteiger partial charge in [-0.1, -0.05) is 24.8 Å². The van der Waals surface area contributed by atoms with Crippen LogP contribution in [-0.4, -0.2) is 9.97 Å². The average molecular weight is 349 g/mol. The summed E-state index contributed by atoms with van der Waals surface area (Å²) in [5, 5.41) is 1.02. The van der Waals surface area contributed by atoms with Gasteiger partial charge >= 0.3 is 0 Å². The number of aromatic nitrogens is 2. The molecule has 0 aliphatic heterocycles. The number of nitrogens with zero attached hydrogens (tertiary/aromatic N) is 2. The van der Waals surface area contributed by atoms with Crippen LogP contribution in [0.2, 0.25) is 0 Å². The maximum absolute atomic E-state index is 4.63. The van der Waals surface area contributed by atoms with Crippen molar-refractivity contribution >= 4 is 27.7 Å². The van der Waals surface area contributed by atoms with Crippen LogP contribution in [0.15, 0.2) is 38.8 Å². The van der Waals surface area contributed by atoms with Gasteiger partial charge in [0.1, 0.15) is 15.5 Å². The normalized spacial score (nSPS) is 13.5. The highest BCUT2D eigenvalue weighted by molar-refractivity contribution is 9.10. The van der Waals surface area contributed by atoms with Crippen molar-refractivity contribution in [2.45, 2.75) is 48.9 Å². The van der Waals surface area contributed by atoms with Crippen molar-refractivity contribution < 1.29 is 0 Å². The van der Waals surface area contributed by atoms with Gasteiger partial charge in [0.25, 0.3) is 0 Å². The van der Waals surface area contributed by atoms with E-state index in [2.05, 4.69) is 51.0 Å².